The third kappa shape index (κ3) is 1.46. The molecule has 0 fully saturated rings. The van der Waals surface area contributed by atoms with Crippen LogP contribution in [0.15, 0.2) is 18.5 Å². The van der Waals surface area contributed by atoms with Gasteiger partial charge in [-0.25, -0.2) is 15.0 Å². The molecule has 0 bridgehead atoms. The maximum atomic E-state index is 5.94. The van der Waals surface area contributed by atoms with E-state index >= 15 is 0 Å². The summed E-state index contributed by atoms with van der Waals surface area (Å²) in [6.07, 6.45) is 3.32. The molecule has 3 rings (SSSR count). The molecule has 3 heterocycles. The number of hydrogen-bond acceptors (Lipinski definition) is 6. The lowest BCUT2D eigenvalue weighted by atomic mass is 10.3. The van der Waals surface area contributed by atoms with Crippen LogP contribution in [0.5, 0.6) is 0 Å². The summed E-state index contributed by atoms with van der Waals surface area (Å²) in [6, 6.07) is 2.05. The van der Waals surface area contributed by atoms with Crippen molar-refractivity contribution in [3.05, 3.63) is 23.3 Å². The van der Waals surface area contributed by atoms with Crippen LogP contribution in [0.3, 0.4) is 0 Å². The second kappa shape index (κ2) is 3.50. The highest BCUT2D eigenvalue weighted by molar-refractivity contribution is 7.22. The Morgan fingerprint density at radius 3 is 2.69 bits per heavy atom. The number of hydrogen-bond donors (Lipinski definition) is 1. The van der Waals surface area contributed by atoms with Gasteiger partial charge in [-0.2, -0.15) is 0 Å². The average Bonchev–Trinajstić information content (AvgIpc) is 2.81. The van der Waals surface area contributed by atoms with E-state index in [1.54, 1.807) is 23.7 Å². The molecule has 3 aromatic rings. The second-order valence-electron chi connectivity index (χ2n) is 3.34. The summed E-state index contributed by atoms with van der Waals surface area (Å²) >= 11 is 3.10. The van der Waals surface area contributed by atoms with Crippen molar-refractivity contribution >= 4 is 38.2 Å². The molecule has 3 aromatic heterocycles. The lowest BCUT2D eigenvalue weighted by molar-refractivity contribution is 1.26. The highest BCUT2D eigenvalue weighted by Gasteiger charge is 2.12. The maximum absolute atomic E-state index is 5.94. The summed E-state index contributed by atoms with van der Waals surface area (Å²) in [5, 5.41) is 1.69. The lowest BCUT2D eigenvalue weighted by Gasteiger charge is -1.90. The zero-order valence-electron chi connectivity index (χ0n) is 8.47. The molecule has 0 atom stereocenters. The van der Waals surface area contributed by atoms with Crippen LogP contribution in [-0.4, -0.2) is 15.0 Å². The molecular weight excluding hydrogens is 240 g/mol. The van der Waals surface area contributed by atoms with Gasteiger partial charge in [0.15, 0.2) is 10.5 Å². The third-order valence-electron chi connectivity index (χ3n) is 2.16. The zero-order chi connectivity index (χ0) is 11.1. The summed E-state index contributed by atoms with van der Waals surface area (Å²) in [4.78, 5) is 14.8. The van der Waals surface area contributed by atoms with E-state index in [0.29, 0.717) is 5.65 Å². The number of fused-ring (bicyclic) bond motifs is 1. The number of thiophene rings is 1. The molecule has 0 aromatic carbocycles. The SMILES string of the molecule is Cc1cc(-c2nc3nccnc3s2)c(N)s1. The van der Waals surface area contributed by atoms with Crippen molar-refractivity contribution in [1.29, 1.82) is 0 Å². The average molecular weight is 248 g/mol. The fourth-order valence-corrected chi connectivity index (χ4v) is 3.24. The van der Waals surface area contributed by atoms with Crippen molar-refractivity contribution in [2.75, 3.05) is 5.73 Å². The van der Waals surface area contributed by atoms with Crippen LogP contribution in [-0.2, 0) is 0 Å². The topological polar surface area (TPSA) is 64.7 Å². The summed E-state index contributed by atoms with van der Waals surface area (Å²) in [6.45, 7) is 2.04. The van der Waals surface area contributed by atoms with Gasteiger partial charge in [-0.15, -0.1) is 11.3 Å². The van der Waals surface area contributed by atoms with Crippen LogP contribution < -0.4 is 5.73 Å². The molecule has 0 radical (unpaired) electrons. The molecule has 0 unspecified atom stereocenters. The molecule has 0 aliphatic rings. The second-order valence-corrected chi connectivity index (χ2v) is 5.60. The van der Waals surface area contributed by atoms with Crippen molar-refractivity contribution in [3.8, 4) is 10.6 Å². The van der Waals surface area contributed by atoms with E-state index in [-0.39, 0.29) is 0 Å². The lowest BCUT2D eigenvalue weighted by Crippen LogP contribution is -1.82. The van der Waals surface area contributed by atoms with Gasteiger partial charge in [-0.3, -0.25) is 0 Å². The fraction of sp³-hybridized carbons (Fsp3) is 0.100. The minimum atomic E-state index is 0.686. The summed E-state index contributed by atoms with van der Waals surface area (Å²) in [5.41, 5.74) is 7.62. The molecule has 2 N–H and O–H groups in total. The Kier molecular flexibility index (Phi) is 2.12. The van der Waals surface area contributed by atoms with Crippen LogP contribution in [0.25, 0.3) is 21.0 Å². The van der Waals surface area contributed by atoms with E-state index in [9.17, 15) is 0 Å². The zero-order valence-corrected chi connectivity index (χ0v) is 10.1. The molecule has 0 saturated heterocycles. The van der Waals surface area contributed by atoms with Crippen LogP contribution in [0.2, 0.25) is 0 Å². The first kappa shape index (κ1) is 9.68. The number of rotatable bonds is 1. The van der Waals surface area contributed by atoms with Gasteiger partial charge in [-0.1, -0.05) is 11.3 Å². The van der Waals surface area contributed by atoms with Crippen molar-refractivity contribution in [2.24, 2.45) is 0 Å². The molecule has 0 amide bonds. The Hall–Kier alpha value is -1.53. The van der Waals surface area contributed by atoms with Gasteiger partial charge in [0, 0.05) is 22.8 Å². The van der Waals surface area contributed by atoms with E-state index in [1.165, 1.54) is 16.2 Å². The quantitative estimate of drug-likeness (QED) is 0.719. The number of nitrogen functional groups attached to an aromatic ring is 1. The van der Waals surface area contributed by atoms with Gasteiger partial charge in [0.2, 0.25) is 0 Å². The molecule has 0 spiro atoms. The third-order valence-corrected chi connectivity index (χ3v) is 4.03. The van der Waals surface area contributed by atoms with Crippen molar-refractivity contribution in [3.63, 3.8) is 0 Å². The molecular formula is C10H8N4S2. The molecule has 0 aliphatic carbocycles. The Morgan fingerprint density at radius 1 is 1.19 bits per heavy atom. The predicted octanol–water partition coefficient (Wildman–Crippen LogP) is 2.71. The smallest absolute Gasteiger partial charge is 0.190 e. The molecule has 16 heavy (non-hydrogen) atoms. The molecule has 0 aliphatic heterocycles. The first-order valence-electron chi connectivity index (χ1n) is 4.68. The van der Waals surface area contributed by atoms with Crippen LogP contribution in [0.4, 0.5) is 5.00 Å². The Balaban J connectivity index is 2.22. The minimum Gasteiger partial charge on any atom is -0.390 e. The summed E-state index contributed by atoms with van der Waals surface area (Å²) < 4.78 is 0. The van der Waals surface area contributed by atoms with Crippen molar-refractivity contribution < 1.29 is 0 Å². The minimum absolute atomic E-state index is 0.686. The highest BCUT2D eigenvalue weighted by Crippen LogP contribution is 2.36. The molecule has 4 nitrogen and oxygen atoms in total. The van der Waals surface area contributed by atoms with Crippen molar-refractivity contribution in [2.45, 2.75) is 6.92 Å². The van der Waals surface area contributed by atoms with E-state index < -0.39 is 0 Å². The first-order valence-corrected chi connectivity index (χ1v) is 6.31. The summed E-state index contributed by atoms with van der Waals surface area (Å²) in [7, 11) is 0. The van der Waals surface area contributed by atoms with Gasteiger partial charge in [0.05, 0.1) is 5.00 Å². The van der Waals surface area contributed by atoms with E-state index in [1.807, 2.05) is 6.92 Å². The highest BCUT2D eigenvalue weighted by atomic mass is 32.1. The van der Waals surface area contributed by atoms with Crippen LogP contribution in [0.1, 0.15) is 4.88 Å². The predicted molar refractivity (Wildman–Crippen MR) is 67.7 cm³/mol. The Labute approximate surface area is 99.8 Å². The largest absolute Gasteiger partial charge is 0.390 e. The number of anilines is 1. The van der Waals surface area contributed by atoms with Crippen molar-refractivity contribution in [1.82, 2.24) is 15.0 Å². The number of aryl methyl sites for hydroxylation is 1. The van der Waals surface area contributed by atoms with Gasteiger partial charge >= 0.3 is 0 Å². The van der Waals surface area contributed by atoms with Gasteiger partial charge in [-0.05, 0) is 13.0 Å². The fourth-order valence-electron chi connectivity index (χ4n) is 1.49. The van der Waals surface area contributed by atoms with Gasteiger partial charge in [0.1, 0.15) is 5.01 Å². The van der Waals surface area contributed by atoms with E-state index in [2.05, 4.69) is 21.0 Å². The number of thiazole rings is 1. The monoisotopic (exact) mass is 248 g/mol. The standard InChI is InChI=1S/C10H8N4S2/c1-5-4-6(7(11)15-5)9-14-8-10(16-9)13-3-2-12-8/h2-4H,11H2,1H3. The Morgan fingerprint density at radius 2 is 2.00 bits per heavy atom. The first-order chi connectivity index (χ1) is 7.74. The number of nitrogens with zero attached hydrogens (tertiary/aromatic N) is 3. The number of nitrogens with two attached hydrogens (primary N) is 1. The van der Waals surface area contributed by atoms with Crippen LogP contribution in [0, 0.1) is 6.92 Å². The maximum Gasteiger partial charge on any atom is 0.190 e. The van der Waals surface area contributed by atoms with E-state index in [0.717, 1.165) is 20.4 Å². The summed E-state index contributed by atoms with van der Waals surface area (Å²) in [5.74, 6) is 0. The van der Waals surface area contributed by atoms with Gasteiger partial charge < -0.3 is 5.73 Å². The molecule has 80 valence electrons. The molecule has 6 heteroatoms. The van der Waals surface area contributed by atoms with Crippen LogP contribution >= 0.6 is 22.7 Å². The normalized spacial score (nSPS) is 11.1. The Bertz CT molecular complexity index is 623. The number of aromatic nitrogens is 3. The van der Waals surface area contributed by atoms with Gasteiger partial charge in [0.25, 0.3) is 0 Å². The molecule has 0 saturated carbocycles. The van der Waals surface area contributed by atoms with E-state index in [4.69, 9.17) is 5.73 Å².